The zero-order valence-corrected chi connectivity index (χ0v) is 23.4. The van der Waals surface area contributed by atoms with E-state index in [1.807, 2.05) is 6.07 Å². The Morgan fingerprint density at radius 3 is 1.68 bits per heavy atom. The van der Waals surface area contributed by atoms with Crippen molar-refractivity contribution in [2.75, 3.05) is 13.1 Å². The summed E-state index contributed by atoms with van der Waals surface area (Å²) in [6, 6.07) is 19.3. The highest BCUT2D eigenvalue weighted by Crippen LogP contribution is 2.48. The van der Waals surface area contributed by atoms with Crippen molar-refractivity contribution >= 4 is 11.7 Å². The minimum Gasteiger partial charge on any atom is -0.365 e. The number of rotatable bonds is 3. The molecule has 0 amide bonds. The lowest BCUT2D eigenvalue weighted by atomic mass is 9.90. The Bertz CT molecular complexity index is 1450. The molecule has 38 heavy (non-hydrogen) atoms. The molecule has 0 radical (unpaired) electrons. The summed E-state index contributed by atoms with van der Waals surface area (Å²) in [5.74, 6) is 1.78. The standard InChI is InChI=1S/C32H36N4O2/c1-20-15-22(3)27(23(4)16-20)29-33-37-31(7)19-32(26-11-9-8-10-12-26)36(14-13-35(29)31)30(34-38-32)28-24(5)17-21(2)18-25(28)6/h8-12,15-18H,13-14,19H2,1-7H3/t31-,32+/m0/s1. The van der Waals surface area contributed by atoms with E-state index in [1.54, 1.807) is 0 Å². The quantitative estimate of drug-likeness (QED) is 0.423. The minimum absolute atomic E-state index is 0.540. The van der Waals surface area contributed by atoms with E-state index in [1.165, 1.54) is 33.4 Å². The van der Waals surface area contributed by atoms with Crippen LogP contribution in [0.25, 0.3) is 0 Å². The van der Waals surface area contributed by atoms with Gasteiger partial charge in [0.05, 0.1) is 6.42 Å². The van der Waals surface area contributed by atoms with Gasteiger partial charge in [-0.1, -0.05) is 76.0 Å². The fraction of sp³-hybridized carbons (Fsp3) is 0.375. The van der Waals surface area contributed by atoms with Crippen molar-refractivity contribution in [3.63, 3.8) is 0 Å². The maximum Gasteiger partial charge on any atom is 0.243 e. The summed E-state index contributed by atoms with van der Waals surface area (Å²) in [6.07, 6.45) is 0.540. The second kappa shape index (κ2) is 8.62. The van der Waals surface area contributed by atoms with Crippen molar-refractivity contribution < 1.29 is 9.68 Å². The van der Waals surface area contributed by atoms with Gasteiger partial charge in [0.15, 0.2) is 11.7 Å². The van der Waals surface area contributed by atoms with Gasteiger partial charge in [-0.15, -0.1) is 0 Å². The third-order valence-corrected chi connectivity index (χ3v) is 8.27. The van der Waals surface area contributed by atoms with Crippen LogP contribution in [-0.4, -0.2) is 40.3 Å². The average Bonchev–Trinajstić information content (AvgIpc) is 3.31. The topological polar surface area (TPSA) is 49.7 Å². The highest BCUT2D eigenvalue weighted by atomic mass is 16.7. The van der Waals surface area contributed by atoms with Gasteiger partial charge in [0.1, 0.15) is 0 Å². The van der Waals surface area contributed by atoms with Crippen LogP contribution in [0.15, 0.2) is 64.9 Å². The number of oxime groups is 2. The molecule has 6 nitrogen and oxygen atoms in total. The lowest BCUT2D eigenvalue weighted by Crippen LogP contribution is -2.51. The molecule has 0 spiro atoms. The van der Waals surface area contributed by atoms with Gasteiger partial charge in [0, 0.05) is 29.8 Å². The van der Waals surface area contributed by atoms with Gasteiger partial charge >= 0.3 is 0 Å². The minimum atomic E-state index is -0.813. The molecule has 0 aliphatic carbocycles. The Balaban J connectivity index is 1.47. The summed E-state index contributed by atoms with van der Waals surface area (Å²) in [6.45, 7) is 16.5. The third kappa shape index (κ3) is 3.61. The monoisotopic (exact) mass is 508 g/mol. The lowest BCUT2D eigenvalue weighted by Gasteiger charge is -2.39. The number of aryl methyl sites for hydroxylation is 6. The molecule has 0 N–H and O–H groups in total. The van der Waals surface area contributed by atoms with Gasteiger partial charge in [0.25, 0.3) is 0 Å². The maximum atomic E-state index is 6.55. The highest BCUT2D eigenvalue weighted by Gasteiger charge is 2.59. The smallest absolute Gasteiger partial charge is 0.243 e. The van der Waals surface area contributed by atoms with E-state index in [0.717, 1.165) is 34.9 Å². The van der Waals surface area contributed by atoms with Crippen LogP contribution in [0, 0.1) is 41.5 Å². The number of benzene rings is 3. The average molecular weight is 509 g/mol. The molecular formula is C32H36N4O2. The maximum absolute atomic E-state index is 6.55. The number of hydrogen-bond donors (Lipinski definition) is 0. The Hall–Kier alpha value is -3.80. The normalized spacial score (nSPS) is 24.2. The molecule has 3 heterocycles. The Morgan fingerprint density at radius 1 is 0.658 bits per heavy atom. The summed E-state index contributed by atoms with van der Waals surface area (Å²) in [7, 11) is 0. The first-order valence-corrected chi connectivity index (χ1v) is 13.4. The molecule has 1 fully saturated rings. The van der Waals surface area contributed by atoms with Crippen LogP contribution < -0.4 is 0 Å². The van der Waals surface area contributed by atoms with E-state index in [-0.39, 0.29) is 0 Å². The van der Waals surface area contributed by atoms with Crippen LogP contribution in [0.4, 0.5) is 0 Å². The molecule has 0 aromatic heterocycles. The van der Waals surface area contributed by atoms with Crippen molar-refractivity contribution in [3.8, 4) is 0 Å². The van der Waals surface area contributed by atoms with E-state index in [0.29, 0.717) is 13.0 Å². The van der Waals surface area contributed by atoms with E-state index < -0.39 is 11.4 Å². The third-order valence-electron chi connectivity index (χ3n) is 8.27. The van der Waals surface area contributed by atoms with Crippen molar-refractivity contribution in [2.24, 2.45) is 10.3 Å². The second-order valence-electron chi connectivity index (χ2n) is 11.4. The Morgan fingerprint density at radius 2 is 1.13 bits per heavy atom. The summed E-state index contributed by atoms with van der Waals surface area (Å²) < 4.78 is 0. The largest absolute Gasteiger partial charge is 0.365 e. The predicted molar refractivity (Wildman–Crippen MR) is 151 cm³/mol. The van der Waals surface area contributed by atoms with Gasteiger partial charge in [0.2, 0.25) is 11.4 Å². The molecule has 0 saturated carbocycles. The Labute approximate surface area is 225 Å². The van der Waals surface area contributed by atoms with Crippen molar-refractivity contribution in [1.82, 2.24) is 9.80 Å². The van der Waals surface area contributed by atoms with E-state index >= 15 is 0 Å². The van der Waals surface area contributed by atoms with Gasteiger partial charge in [-0.25, -0.2) is 0 Å². The SMILES string of the molecule is Cc1cc(C)c(C2=NO[C@@]3(C)C[C@]4(c5ccccc5)ON=C(c5c(C)cc(C)cc5C)N4CCN23)c(C)c1. The van der Waals surface area contributed by atoms with E-state index in [2.05, 4.69) is 107 Å². The molecule has 6 rings (SSSR count). The molecule has 3 aliphatic rings. The fourth-order valence-electron chi connectivity index (χ4n) is 6.82. The van der Waals surface area contributed by atoms with Gasteiger partial charge in [-0.3, -0.25) is 0 Å². The molecule has 1 saturated heterocycles. The summed E-state index contributed by atoms with van der Waals surface area (Å²) >= 11 is 0. The molecule has 3 aliphatic heterocycles. The van der Waals surface area contributed by atoms with Crippen molar-refractivity contribution in [1.29, 1.82) is 0 Å². The molecule has 0 bridgehead atoms. The summed E-state index contributed by atoms with van der Waals surface area (Å²) in [5, 5.41) is 9.48. The Kier molecular flexibility index (Phi) is 5.56. The number of nitrogens with zero attached hydrogens (tertiary/aromatic N) is 4. The zero-order chi connectivity index (χ0) is 26.8. The van der Waals surface area contributed by atoms with Crippen LogP contribution in [0.3, 0.4) is 0 Å². The predicted octanol–water partition coefficient (Wildman–Crippen LogP) is 6.20. The molecule has 2 atom stereocenters. The molecule has 196 valence electrons. The van der Waals surface area contributed by atoms with E-state index in [4.69, 9.17) is 20.0 Å². The summed E-state index contributed by atoms with van der Waals surface area (Å²) in [4.78, 5) is 17.6. The molecule has 3 aromatic rings. The van der Waals surface area contributed by atoms with E-state index in [9.17, 15) is 0 Å². The summed E-state index contributed by atoms with van der Waals surface area (Å²) in [5.41, 5.74) is 9.16. The number of fused-ring (bicyclic) bond motifs is 2. The van der Waals surface area contributed by atoms with Crippen molar-refractivity contribution in [2.45, 2.75) is 66.3 Å². The van der Waals surface area contributed by atoms with Crippen molar-refractivity contribution in [3.05, 3.63) is 105 Å². The number of amidine groups is 2. The number of hydrogen-bond acceptors (Lipinski definition) is 6. The van der Waals surface area contributed by atoms with Crippen LogP contribution in [-0.2, 0) is 15.4 Å². The first kappa shape index (κ1) is 24.5. The van der Waals surface area contributed by atoms with Crippen LogP contribution in [0.2, 0.25) is 0 Å². The molecule has 0 unspecified atom stereocenters. The molecule has 3 aromatic carbocycles. The van der Waals surface area contributed by atoms with Gasteiger partial charge in [-0.2, -0.15) is 0 Å². The van der Waals surface area contributed by atoms with Crippen LogP contribution >= 0.6 is 0 Å². The first-order chi connectivity index (χ1) is 18.1. The van der Waals surface area contributed by atoms with Gasteiger partial charge in [-0.05, 0) is 70.7 Å². The zero-order valence-electron chi connectivity index (χ0n) is 23.4. The van der Waals surface area contributed by atoms with Crippen LogP contribution in [0.1, 0.15) is 63.4 Å². The molecule has 6 heteroatoms. The van der Waals surface area contributed by atoms with Crippen LogP contribution in [0.5, 0.6) is 0 Å². The lowest BCUT2D eigenvalue weighted by molar-refractivity contribution is -0.170. The molecular weight excluding hydrogens is 472 g/mol. The van der Waals surface area contributed by atoms with Gasteiger partial charge < -0.3 is 19.5 Å². The second-order valence-corrected chi connectivity index (χ2v) is 11.4. The highest BCUT2D eigenvalue weighted by molar-refractivity contribution is 6.03. The fourth-order valence-corrected chi connectivity index (χ4v) is 6.82. The first-order valence-electron chi connectivity index (χ1n) is 13.4.